The highest BCUT2D eigenvalue weighted by molar-refractivity contribution is 5.10. The van der Waals surface area contributed by atoms with E-state index < -0.39 is 0 Å². The molecular weight excluding hydrogens is 196 g/mol. The summed E-state index contributed by atoms with van der Waals surface area (Å²) < 4.78 is 1.74. The van der Waals surface area contributed by atoms with Gasteiger partial charge >= 0.3 is 5.78 Å². The molecule has 0 saturated heterocycles. The first kappa shape index (κ1) is 7.14. The molecule has 0 radical (unpaired) electrons. The van der Waals surface area contributed by atoms with Crippen molar-refractivity contribution in [2.24, 2.45) is 0 Å². The average molecular weight is 201 g/mol. The molecule has 2 heterocycles. The Labute approximate surface area is 67.7 Å². The molecule has 0 spiro atoms. The number of fused-ring (bicyclic) bond motifs is 1. The minimum absolute atomic E-state index is 0. The van der Waals surface area contributed by atoms with E-state index >= 15 is 0 Å². The van der Waals surface area contributed by atoms with Crippen molar-refractivity contribution in [2.45, 2.75) is 0 Å². The normalized spacial score (nSPS) is 9.20. The van der Waals surface area contributed by atoms with Gasteiger partial charge in [0.05, 0.1) is 6.20 Å². The fourth-order valence-electron chi connectivity index (χ4n) is 0.708. The summed E-state index contributed by atoms with van der Waals surface area (Å²) in [4.78, 5) is 7.88. The van der Waals surface area contributed by atoms with Crippen LogP contribution in [-0.4, -0.2) is 15.1 Å². The van der Waals surface area contributed by atoms with Gasteiger partial charge in [-0.1, -0.05) is 9.97 Å². The highest BCUT2D eigenvalue weighted by atomic mass is 79.9. The number of aromatic nitrogens is 4. The monoisotopic (exact) mass is 200 g/mol. The van der Waals surface area contributed by atoms with Crippen LogP contribution in [0.5, 0.6) is 0 Å². The van der Waals surface area contributed by atoms with E-state index in [1.807, 2.05) is 12.3 Å². The van der Waals surface area contributed by atoms with Gasteiger partial charge in [0.1, 0.15) is 6.20 Å². The molecule has 5 heteroatoms. The zero-order valence-corrected chi connectivity index (χ0v) is 6.62. The van der Waals surface area contributed by atoms with Crippen LogP contribution in [0.25, 0.3) is 5.78 Å². The third-order valence-electron chi connectivity index (χ3n) is 1.10. The SMILES string of the molecule is [Br-].c1cnc2nc[nH][n+]2c1. The molecule has 52 valence electrons. The van der Waals surface area contributed by atoms with Gasteiger partial charge in [-0.05, 0) is 0 Å². The second-order valence-corrected chi connectivity index (χ2v) is 1.68. The first-order valence-corrected chi connectivity index (χ1v) is 2.62. The number of hydrogen-bond acceptors (Lipinski definition) is 2. The molecule has 0 aliphatic heterocycles. The topological polar surface area (TPSA) is 45.7 Å². The molecule has 10 heavy (non-hydrogen) atoms. The Balaban J connectivity index is 0.000000500. The van der Waals surface area contributed by atoms with Crippen molar-refractivity contribution in [3.8, 4) is 0 Å². The van der Waals surface area contributed by atoms with Gasteiger partial charge in [0.25, 0.3) is 0 Å². The van der Waals surface area contributed by atoms with Crippen LogP contribution in [0, 0.1) is 0 Å². The second-order valence-electron chi connectivity index (χ2n) is 1.68. The van der Waals surface area contributed by atoms with E-state index in [1.165, 1.54) is 0 Å². The van der Waals surface area contributed by atoms with Gasteiger partial charge in [-0.25, -0.2) is 5.10 Å². The first-order chi connectivity index (χ1) is 4.47. The maximum atomic E-state index is 3.96. The number of nitrogens with zero attached hydrogens (tertiary/aromatic N) is 3. The second kappa shape index (κ2) is 2.74. The smallest absolute Gasteiger partial charge is 0.456 e. The Kier molecular flexibility index (Phi) is 1.96. The highest BCUT2D eigenvalue weighted by Crippen LogP contribution is 1.78. The van der Waals surface area contributed by atoms with Crippen molar-refractivity contribution in [3.05, 3.63) is 24.8 Å². The molecule has 0 unspecified atom stereocenters. The summed E-state index contributed by atoms with van der Waals surface area (Å²) >= 11 is 0. The predicted molar refractivity (Wildman–Crippen MR) is 29.5 cm³/mol. The Bertz CT molecular complexity index is 288. The van der Waals surface area contributed by atoms with Gasteiger partial charge in [0.15, 0.2) is 6.33 Å². The summed E-state index contributed by atoms with van der Waals surface area (Å²) in [6.45, 7) is 0. The molecular formula is C5H5BrN4. The highest BCUT2D eigenvalue weighted by Gasteiger charge is 1.99. The number of halogens is 1. The lowest BCUT2D eigenvalue weighted by Crippen LogP contribution is -3.00. The average Bonchev–Trinajstić information content (AvgIpc) is 2.33. The molecule has 0 atom stereocenters. The van der Waals surface area contributed by atoms with Gasteiger partial charge in [-0.15, -0.1) is 4.52 Å². The molecule has 0 amide bonds. The summed E-state index contributed by atoms with van der Waals surface area (Å²) in [6.07, 6.45) is 5.16. The van der Waals surface area contributed by atoms with Crippen LogP contribution in [-0.2, 0) is 0 Å². The van der Waals surface area contributed by atoms with E-state index in [1.54, 1.807) is 17.0 Å². The Morgan fingerprint density at radius 2 is 2.30 bits per heavy atom. The third kappa shape index (κ3) is 0.995. The Morgan fingerprint density at radius 1 is 1.40 bits per heavy atom. The molecule has 2 aromatic rings. The van der Waals surface area contributed by atoms with Crippen LogP contribution in [0.3, 0.4) is 0 Å². The number of nitrogens with one attached hydrogen (secondary N) is 1. The van der Waals surface area contributed by atoms with E-state index in [9.17, 15) is 0 Å². The molecule has 0 bridgehead atoms. The van der Waals surface area contributed by atoms with E-state index in [0.717, 1.165) is 0 Å². The van der Waals surface area contributed by atoms with E-state index in [2.05, 4.69) is 15.1 Å². The Morgan fingerprint density at radius 3 is 3.10 bits per heavy atom. The quantitative estimate of drug-likeness (QED) is 0.450. The molecule has 0 fully saturated rings. The number of H-pyrrole nitrogens is 1. The minimum atomic E-state index is 0. The first-order valence-electron chi connectivity index (χ1n) is 2.62. The summed E-state index contributed by atoms with van der Waals surface area (Å²) in [6, 6.07) is 1.84. The van der Waals surface area contributed by atoms with E-state index in [0.29, 0.717) is 5.78 Å². The lowest BCUT2D eigenvalue weighted by molar-refractivity contribution is -0.579. The maximum absolute atomic E-state index is 3.96. The van der Waals surface area contributed by atoms with Gasteiger partial charge in [0, 0.05) is 6.07 Å². The van der Waals surface area contributed by atoms with Crippen LogP contribution >= 0.6 is 0 Å². The van der Waals surface area contributed by atoms with Crippen LogP contribution in [0.1, 0.15) is 0 Å². The lowest BCUT2D eigenvalue weighted by Gasteiger charge is -1.75. The summed E-state index contributed by atoms with van der Waals surface area (Å²) in [5.74, 6) is 0.692. The van der Waals surface area contributed by atoms with Crippen molar-refractivity contribution >= 4 is 5.78 Å². The molecule has 0 aliphatic carbocycles. The van der Waals surface area contributed by atoms with Gasteiger partial charge < -0.3 is 17.0 Å². The summed E-state index contributed by atoms with van der Waals surface area (Å²) in [5.41, 5.74) is 0. The van der Waals surface area contributed by atoms with Gasteiger partial charge in [-0.3, -0.25) is 0 Å². The van der Waals surface area contributed by atoms with Gasteiger partial charge in [-0.2, -0.15) is 0 Å². The van der Waals surface area contributed by atoms with Crippen LogP contribution in [0.2, 0.25) is 0 Å². The molecule has 0 aliphatic rings. The number of hydrogen-bond donors (Lipinski definition) is 1. The van der Waals surface area contributed by atoms with Crippen LogP contribution < -0.4 is 21.5 Å². The molecule has 1 N–H and O–H groups in total. The van der Waals surface area contributed by atoms with E-state index in [4.69, 9.17) is 0 Å². The van der Waals surface area contributed by atoms with Crippen LogP contribution in [0.15, 0.2) is 24.8 Å². The summed E-state index contributed by atoms with van der Waals surface area (Å²) in [5, 5.41) is 2.86. The minimum Gasteiger partial charge on any atom is -1.00 e. The molecule has 0 saturated carbocycles. The summed E-state index contributed by atoms with van der Waals surface area (Å²) in [7, 11) is 0. The molecule has 2 rings (SSSR count). The number of rotatable bonds is 0. The van der Waals surface area contributed by atoms with Crippen molar-refractivity contribution in [3.63, 3.8) is 0 Å². The Hall–Kier alpha value is -0.970. The maximum Gasteiger partial charge on any atom is 0.456 e. The predicted octanol–water partition coefficient (Wildman–Crippen LogP) is -3.45. The van der Waals surface area contributed by atoms with Crippen molar-refractivity contribution < 1.29 is 21.5 Å². The lowest BCUT2D eigenvalue weighted by atomic mass is 10.7. The zero-order valence-electron chi connectivity index (χ0n) is 5.03. The van der Waals surface area contributed by atoms with Crippen molar-refractivity contribution in [1.29, 1.82) is 0 Å². The largest absolute Gasteiger partial charge is 1.00 e. The number of aromatic amines is 1. The van der Waals surface area contributed by atoms with Crippen molar-refractivity contribution in [2.75, 3.05) is 0 Å². The standard InChI is InChI=1S/C5H4N4.BrH/c1-2-6-5-7-4-8-9(5)3-1;/h1-4H;1H. The van der Waals surface area contributed by atoms with E-state index in [-0.39, 0.29) is 17.0 Å². The fourth-order valence-corrected chi connectivity index (χ4v) is 0.708. The molecule has 2 aromatic heterocycles. The zero-order chi connectivity index (χ0) is 6.10. The fraction of sp³-hybridized carbons (Fsp3) is 0. The molecule has 4 nitrogen and oxygen atoms in total. The van der Waals surface area contributed by atoms with Crippen molar-refractivity contribution in [1.82, 2.24) is 15.1 Å². The van der Waals surface area contributed by atoms with Gasteiger partial charge in [0.2, 0.25) is 0 Å². The third-order valence-corrected chi connectivity index (χ3v) is 1.10. The molecule has 0 aromatic carbocycles. The van der Waals surface area contributed by atoms with Crippen LogP contribution in [0.4, 0.5) is 0 Å².